The van der Waals surface area contributed by atoms with E-state index in [-0.39, 0.29) is 17.8 Å². The van der Waals surface area contributed by atoms with Gasteiger partial charge in [0.05, 0.1) is 6.54 Å². The summed E-state index contributed by atoms with van der Waals surface area (Å²) in [6.45, 7) is 4.01. The average molecular weight is 279 g/mol. The number of likely N-dealkylation sites (tertiary alicyclic amines) is 1. The summed E-state index contributed by atoms with van der Waals surface area (Å²) in [5, 5.41) is 3.47. The molecule has 1 amide bonds. The predicted octanol–water partition coefficient (Wildman–Crippen LogP) is 1.43. The Bertz CT molecular complexity index is 458. The van der Waals surface area contributed by atoms with Crippen LogP contribution >= 0.6 is 0 Å². The maximum absolute atomic E-state index is 13.7. The molecule has 3 N–H and O–H groups in total. The highest BCUT2D eigenvalue weighted by atomic mass is 19.1. The van der Waals surface area contributed by atoms with Crippen molar-refractivity contribution in [3.63, 3.8) is 0 Å². The van der Waals surface area contributed by atoms with E-state index in [0.717, 1.165) is 25.9 Å². The van der Waals surface area contributed by atoms with Crippen molar-refractivity contribution in [2.24, 2.45) is 5.73 Å². The van der Waals surface area contributed by atoms with E-state index < -0.39 is 0 Å². The summed E-state index contributed by atoms with van der Waals surface area (Å²) in [6.07, 6.45) is 1.90. The van der Waals surface area contributed by atoms with Crippen molar-refractivity contribution in [3.05, 3.63) is 35.6 Å². The number of piperidine rings is 1. The van der Waals surface area contributed by atoms with E-state index in [1.54, 1.807) is 6.07 Å². The van der Waals surface area contributed by atoms with Gasteiger partial charge in [-0.05, 0) is 25.8 Å². The van der Waals surface area contributed by atoms with E-state index in [2.05, 4.69) is 10.2 Å². The number of rotatable bonds is 5. The monoisotopic (exact) mass is 279 g/mol. The van der Waals surface area contributed by atoms with Gasteiger partial charge >= 0.3 is 0 Å². The first kappa shape index (κ1) is 14.9. The fraction of sp³-hybridized carbons (Fsp3) is 0.533. The van der Waals surface area contributed by atoms with Crippen LogP contribution in [-0.2, 0) is 4.79 Å². The van der Waals surface area contributed by atoms with Crippen LogP contribution in [0.5, 0.6) is 0 Å². The molecule has 1 saturated heterocycles. The molecule has 1 unspecified atom stereocenters. The van der Waals surface area contributed by atoms with E-state index in [4.69, 9.17) is 5.73 Å². The van der Waals surface area contributed by atoms with Crippen molar-refractivity contribution in [1.29, 1.82) is 0 Å². The van der Waals surface area contributed by atoms with Crippen LogP contribution in [0.15, 0.2) is 24.3 Å². The molecule has 1 aromatic rings. The van der Waals surface area contributed by atoms with E-state index >= 15 is 0 Å². The summed E-state index contributed by atoms with van der Waals surface area (Å²) in [5.41, 5.74) is 5.89. The number of halogens is 1. The molecule has 0 aromatic heterocycles. The van der Waals surface area contributed by atoms with E-state index in [1.807, 2.05) is 19.1 Å². The number of hydrogen-bond acceptors (Lipinski definition) is 3. The number of hydrogen-bond donors (Lipinski definition) is 2. The van der Waals surface area contributed by atoms with Crippen LogP contribution in [0.3, 0.4) is 0 Å². The fourth-order valence-electron chi connectivity index (χ4n) is 2.75. The van der Waals surface area contributed by atoms with Crippen LogP contribution in [0.4, 0.5) is 4.39 Å². The van der Waals surface area contributed by atoms with Gasteiger partial charge in [-0.15, -0.1) is 0 Å². The highest BCUT2D eigenvalue weighted by Gasteiger charge is 2.22. The number of nitrogens with one attached hydrogen (secondary N) is 1. The zero-order valence-electron chi connectivity index (χ0n) is 11.8. The second-order valence-corrected chi connectivity index (χ2v) is 5.43. The lowest BCUT2D eigenvalue weighted by Crippen LogP contribution is -2.45. The minimum Gasteiger partial charge on any atom is -0.369 e. The molecular formula is C15H22FN3O. The van der Waals surface area contributed by atoms with Gasteiger partial charge in [0.15, 0.2) is 0 Å². The first-order chi connectivity index (χ1) is 9.56. The van der Waals surface area contributed by atoms with Crippen LogP contribution in [0, 0.1) is 5.82 Å². The minimum atomic E-state index is -0.281. The molecule has 110 valence electrons. The highest BCUT2D eigenvalue weighted by molar-refractivity contribution is 5.75. The van der Waals surface area contributed by atoms with Gasteiger partial charge in [0.2, 0.25) is 5.91 Å². The van der Waals surface area contributed by atoms with Gasteiger partial charge in [0.25, 0.3) is 0 Å². The quantitative estimate of drug-likeness (QED) is 0.857. The van der Waals surface area contributed by atoms with Crippen LogP contribution < -0.4 is 11.1 Å². The molecule has 1 aliphatic heterocycles. The third kappa shape index (κ3) is 4.02. The number of carbonyl (C=O) groups excluding carboxylic acids is 1. The molecule has 0 bridgehead atoms. The molecule has 0 saturated carbocycles. The summed E-state index contributed by atoms with van der Waals surface area (Å²) in [5.74, 6) is -0.449. The Kier molecular flexibility index (Phi) is 5.09. The highest BCUT2D eigenvalue weighted by Crippen LogP contribution is 2.19. The fourth-order valence-corrected chi connectivity index (χ4v) is 2.75. The summed E-state index contributed by atoms with van der Waals surface area (Å²) in [6, 6.07) is 7.20. The van der Waals surface area contributed by atoms with Gasteiger partial charge in [-0.3, -0.25) is 9.69 Å². The van der Waals surface area contributed by atoms with E-state index in [1.165, 1.54) is 6.07 Å². The van der Waals surface area contributed by atoms with Crippen LogP contribution in [0.2, 0.25) is 0 Å². The predicted molar refractivity (Wildman–Crippen MR) is 76.6 cm³/mol. The molecule has 1 atom stereocenters. The van der Waals surface area contributed by atoms with E-state index in [9.17, 15) is 9.18 Å². The normalized spacial score (nSPS) is 18.9. The van der Waals surface area contributed by atoms with Gasteiger partial charge < -0.3 is 11.1 Å². The van der Waals surface area contributed by atoms with E-state index in [0.29, 0.717) is 18.2 Å². The van der Waals surface area contributed by atoms with Crippen LogP contribution in [0.1, 0.15) is 31.4 Å². The zero-order valence-corrected chi connectivity index (χ0v) is 11.8. The first-order valence-electron chi connectivity index (χ1n) is 7.07. The number of amides is 1. The molecule has 1 fully saturated rings. The molecule has 0 radical (unpaired) electrons. The Labute approximate surface area is 119 Å². The second kappa shape index (κ2) is 6.81. The van der Waals surface area contributed by atoms with Gasteiger partial charge in [-0.25, -0.2) is 4.39 Å². The summed E-state index contributed by atoms with van der Waals surface area (Å²) < 4.78 is 13.7. The number of primary amides is 1. The van der Waals surface area contributed by atoms with Crippen molar-refractivity contribution in [3.8, 4) is 0 Å². The molecule has 1 heterocycles. The van der Waals surface area contributed by atoms with Crippen LogP contribution in [-0.4, -0.2) is 36.5 Å². The Hall–Kier alpha value is -1.46. The topological polar surface area (TPSA) is 58.4 Å². The van der Waals surface area contributed by atoms with Crippen molar-refractivity contribution in [2.75, 3.05) is 19.6 Å². The maximum atomic E-state index is 13.7. The third-order valence-electron chi connectivity index (χ3n) is 3.82. The molecule has 0 aliphatic carbocycles. The van der Waals surface area contributed by atoms with Gasteiger partial charge in [-0.1, -0.05) is 18.2 Å². The Morgan fingerprint density at radius 1 is 1.45 bits per heavy atom. The molecule has 1 aromatic carbocycles. The first-order valence-corrected chi connectivity index (χ1v) is 7.07. The Balaban J connectivity index is 1.83. The summed E-state index contributed by atoms with van der Waals surface area (Å²) in [7, 11) is 0. The lowest BCUT2D eigenvalue weighted by molar-refractivity contribution is -0.119. The van der Waals surface area contributed by atoms with Gasteiger partial charge in [-0.2, -0.15) is 0 Å². The molecular weight excluding hydrogens is 257 g/mol. The van der Waals surface area contributed by atoms with Crippen molar-refractivity contribution < 1.29 is 9.18 Å². The van der Waals surface area contributed by atoms with Crippen LogP contribution in [0.25, 0.3) is 0 Å². The largest absolute Gasteiger partial charge is 0.369 e. The Morgan fingerprint density at radius 3 is 2.70 bits per heavy atom. The van der Waals surface area contributed by atoms with Crippen molar-refractivity contribution in [2.45, 2.75) is 31.8 Å². The van der Waals surface area contributed by atoms with Crippen molar-refractivity contribution >= 4 is 5.91 Å². The van der Waals surface area contributed by atoms with Gasteiger partial charge in [0, 0.05) is 30.7 Å². The summed E-state index contributed by atoms with van der Waals surface area (Å²) >= 11 is 0. The third-order valence-corrected chi connectivity index (χ3v) is 3.82. The number of nitrogens with zero attached hydrogens (tertiary/aromatic N) is 1. The smallest absolute Gasteiger partial charge is 0.231 e. The number of carbonyl (C=O) groups is 1. The average Bonchev–Trinajstić information content (AvgIpc) is 2.41. The molecule has 2 rings (SSSR count). The molecule has 0 spiro atoms. The molecule has 4 nitrogen and oxygen atoms in total. The standard InChI is InChI=1S/C15H22FN3O/c1-11(13-4-2-3-5-14(13)16)18-12-6-8-19(9-7-12)10-15(17)20/h2-5,11-12,18H,6-10H2,1H3,(H2,17,20). The van der Waals surface area contributed by atoms with Crippen molar-refractivity contribution in [1.82, 2.24) is 10.2 Å². The summed E-state index contributed by atoms with van der Waals surface area (Å²) in [4.78, 5) is 12.9. The Morgan fingerprint density at radius 2 is 2.10 bits per heavy atom. The lowest BCUT2D eigenvalue weighted by Gasteiger charge is -2.33. The van der Waals surface area contributed by atoms with Gasteiger partial charge in [0.1, 0.15) is 5.82 Å². The minimum absolute atomic E-state index is 0.0103. The maximum Gasteiger partial charge on any atom is 0.231 e. The lowest BCUT2D eigenvalue weighted by atomic mass is 10.0. The molecule has 20 heavy (non-hydrogen) atoms. The second-order valence-electron chi connectivity index (χ2n) is 5.43. The number of benzene rings is 1. The SMILES string of the molecule is CC(NC1CCN(CC(N)=O)CC1)c1ccccc1F. The zero-order chi connectivity index (χ0) is 14.5. The molecule has 5 heteroatoms. The number of nitrogens with two attached hydrogens (primary N) is 1. The molecule has 1 aliphatic rings.